The van der Waals surface area contributed by atoms with Gasteiger partial charge in [-0.1, -0.05) is 36.4 Å². The van der Waals surface area contributed by atoms with Crippen molar-refractivity contribution in [3.63, 3.8) is 0 Å². The second-order valence-electron chi connectivity index (χ2n) is 4.96. The molecule has 0 fully saturated rings. The summed E-state index contributed by atoms with van der Waals surface area (Å²) in [5.41, 5.74) is 10.2. The first-order valence-electron chi connectivity index (χ1n) is 6.81. The standard InChI is InChI=1S/C17H20N2O/c1-13-8-10-16(12-14(13)2)18-19-17(20)11-9-15-6-4-3-5-7-15/h3-8,10,12,18H,9,11H2,1-2H3,(H,19,20). The van der Waals surface area contributed by atoms with E-state index in [-0.39, 0.29) is 5.91 Å². The smallest absolute Gasteiger partial charge is 0.238 e. The number of aryl methyl sites for hydroxylation is 3. The van der Waals surface area contributed by atoms with E-state index in [1.807, 2.05) is 48.5 Å². The normalized spacial score (nSPS) is 10.1. The summed E-state index contributed by atoms with van der Waals surface area (Å²) in [7, 11) is 0. The lowest BCUT2D eigenvalue weighted by Gasteiger charge is -2.10. The minimum Gasteiger partial charge on any atom is -0.299 e. The first-order chi connectivity index (χ1) is 9.65. The van der Waals surface area contributed by atoms with Crippen LogP contribution in [0.25, 0.3) is 0 Å². The van der Waals surface area contributed by atoms with Crippen LogP contribution in [0.3, 0.4) is 0 Å². The van der Waals surface area contributed by atoms with Gasteiger partial charge in [0.2, 0.25) is 5.91 Å². The molecule has 3 nitrogen and oxygen atoms in total. The Morgan fingerprint density at radius 3 is 2.45 bits per heavy atom. The van der Waals surface area contributed by atoms with Crippen LogP contribution in [0.1, 0.15) is 23.1 Å². The Bertz CT molecular complexity index is 579. The van der Waals surface area contributed by atoms with Gasteiger partial charge in [-0.25, -0.2) is 0 Å². The third kappa shape index (κ3) is 4.12. The third-order valence-corrected chi connectivity index (χ3v) is 3.34. The fourth-order valence-electron chi connectivity index (χ4n) is 1.93. The predicted octanol–water partition coefficient (Wildman–Crippen LogP) is 3.38. The van der Waals surface area contributed by atoms with Gasteiger partial charge in [-0.05, 0) is 49.1 Å². The number of carbonyl (C=O) groups excluding carboxylic acids is 1. The number of hydrazine groups is 1. The zero-order chi connectivity index (χ0) is 14.4. The largest absolute Gasteiger partial charge is 0.299 e. The molecular formula is C17H20N2O. The molecule has 0 unspecified atom stereocenters. The lowest BCUT2D eigenvalue weighted by Crippen LogP contribution is -2.29. The molecule has 0 atom stereocenters. The van der Waals surface area contributed by atoms with E-state index in [2.05, 4.69) is 24.7 Å². The zero-order valence-corrected chi connectivity index (χ0v) is 11.9. The van der Waals surface area contributed by atoms with E-state index in [9.17, 15) is 4.79 Å². The molecule has 0 radical (unpaired) electrons. The number of anilines is 1. The van der Waals surface area contributed by atoms with Crippen LogP contribution in [-0.4, -0.2) is 5.91 Å². The van der Waals surface area contributed by atoms with Crippen LogP contribution in [0.15, 0.2) is 48.5 Å². The Hall–Kier alpha value is -2.29. The Morgan fingerprint density at radius 2 is 1.75 bits per heavy atom. The summed E-state index contributed by atoms with van der Waals surface area (Å²) in [5, 5.41) is 0. The van der Waals surface area contributed by atoms with Gasteiger partial charge in [0.1, 0.15) is 0 Å². The molecule has 0 bridgehead atoms. The Labute approximate surface area is 120 Å². The fraction of sp³-hybridized carbons (Fsp3) is 0.235. The van der Waals surface area contributed by atoms with E-state index < -0.39 is 0 Å². The van der Waals surface area contributed by atoms with Gasteiger partial charge in [-0.3, -0.25) is 15.6 Å². The van der Waals surface area contributed by atoms with Crippen molar-refractivity contribution >= 4 is 11.6 Å². The number of amides is 1. The molecule has 2 aromatic carbocycles. The van der Waals surface area contributed by atoms with Gasteiger partial charge < -0.3 is 0 Å². The van der Waals surface area contributed by atoms with Crippen LogP contribution < -0.4 is 10.9 Å². The summed E-state index contributed by atoms with van der Waals surface area (Å²) >= 11 is 0. The van der Waals surface area contributed by atoms with Crippen LogP contribution in [0, 0.1) is 13.8 Å². The number of nitrogens with one attached hydrogen (secondary N) is 2. The number of benzene rings is 2. The number of carbonyl (C=O) groups is 1. The molecule has 0 spiro atoms. The average Bonchev–Trinajstić information content (AvgIpc) is 2.47. The Balaban J connectivity index is 1.79. The summed E-state index contributed by atoms with van der Waals surface area (Å²) in [6.45, 7) is 4.12. The van der Waals surface area contributed by atoms with Gasteiger partial charge in [0.25, 0.3) is 0 Å². The fourth-order valence-corrected chi connectivity index (χ4v) is 1.93. The predicted molar refractivity (Wildman–Crippen MR) is 82.4 cm³/mol. The van der Waals surface area contributed by atoms with Crippen molar-refractivity contribution in [3.8, 4) is 0 Å². The van der Waals surface area contributed by atoms with Crippen molar-refractivity contribution in [1.29, 1.82) is 0 Å². The molecule has 0 heterocycles. The van der Waals surface area contributed by atoms with Crippen LogP contribution >= 0.6 is 0 Å². The molecular weight excluding hydrogens is 248 g/mol. The molecule has 2 N–H and O–H groups in total. The van der Waals surface area contributed by atoms with Crippen molar-refractivity contribution in [2.24, 2.45) is 0 Å². The van der Waals surface area contributed by atoms with Crippen LogP contribution in [-0.2, 0) is 11.2 Å². The summed E-state index contributed by atoms with van der Waals surface area (Å²) in [6, 6.07) is 16.0. The highest BCUT2D eigenvalue weighted by Crippen LogP contribution is 2.13. The molecule has 2 aromatic rings. The molecule has 0 aliphatic heterocycles. The second-order valence-corrected chi connectivity index (χ2v) is 4.96. The van der Waals surface area contributed by atoms with Gasteiger partial charge in [0.15, 0.2) is 0 Å². The molecule has 2 rings (SSSR count). The molecule has 0 saturated carbocycles. The van der Waals surface area contributed by atoms with Crippen molar-refractivity contribution in [1.82, 2.24) is 5.43 Å². The zero-order valence-electron chi connectivity index (χ0n) is 11.9. The molecule has 0 aromatic heterocycles. The average molecular weight is 268 g/mol. The van der Waals surface area contributed by atoms with Crippen LogP contribution in [0.4, 0.5) is 5.69 Å². The number of hydrogen-bond donors (Lipinski definition) is 2. The topological polar surface area (TPSA) is 41.1 Å². The first kappa shape index (κ1) is 14.1. The SMILES string of the molecule is Cc1ccc(NNC(=O)CCc2ccccc2)cc1C. The van der Waals surface area contributed by atoms with E-state index in [1.54, 1.807) is 0 Å². The summed E-state index contributed by atoms with van der Waals surface area (Å²) in [4.78, 5) is 11.8. The van der Waals surface area contributed by atoms with E-state index >= 15 is 0 Å². The summed E-state index contributed by atoms with van der Waals surface area (Å²) < 4.78 is 0. The highest BCUT2D eigenvalue weighted by atomic mass is 16.2. The van der Waals surface area contributed by atoms with E-state index in [0.29, 0.717) is 6.42 Å². The lowest BCUT2D eigenvalue weighted by molar-refractivity contribution is -0.120. The van der Waals surface area contributed by atoms with Gasteiger partial charge in [-0.2, -0.15) is 0 Å². The number of hydrogen-bond acceptors (Lipinski definition) is 2. The van der Waals surface area contributed by atoms with Crippen LogP contribution in [0.2, 0.25) is 0 Å². The maximum Gasteiger partial charge on any atom is 0.238 e. The number of rotatable bonds is 5. The highest BCUT2D eigenvalue weighted by molar-refractivity contribution is 5.77. The van der Waals surface area contributed by atoms with Gasteiger partial charge in [-0.15, -0.1) is 0 Å². The van der Waals surface area contributed by atoms with E-state index in [4.69, 9.17) is 0 Å². The maximum absolute atomic E-state index is 11.8. The van der Waals surface area contributed by atoms with Crippen molar-refractivity contribution < 1.29 is 4.79 Å². The second kappa shape index (κ2) is 6.75. The minimum atomic E-state index is -0.00733. The van der Waals surface area contributed by atoms with Crippen LogP contribution in [0.5, 0.6) is 0 Å². The van der Waals surface area contributed by atoms with Crippen molar-refractivity contribution in [2.75, 3.05) is 5.43 Å². The quantitative estimate of drug-likeness (QED) is 0.816. The van der Waals surface area contributed by atoms with E-state index in [0.717, 1.165) is 12.1 Å². The van der Waals surface area contributed by atoms with Crippen molar-refractivity contribution in [2.45, 2.75) is 26.7 Å². The molecule has 20 heavy (non-hydrogen) atoms. The molecule has 0 aliphatic rings. The molecule has 104 valence electrons. The minimum absolute atomic E-state index is 0.00733. The Morgan fingerprint density at radius 1 is 1.00 bits per heavy atom. The molecule has 3 heteroatoms. The first-order valence-corrected chi connectivity index (χ1v) is 6.81. The molecule has 0 aliphatic carbocycles. The Kier molecular flexibility index (Phi) is 4.77. The lowest BCUT2D eigenvalue weighted by atomic mass is 10.1. The highest BCUT2D eigenvalue weighted by Gasteiger charge is 2.02. The van der Waals surface area contributed by atoms with Gasteiger partial charge in [0, 0.05) is 6.42 Å². The summed E-state index contributed by atoms with van der Waals surface area (Å²) in [5.74, 6) is -0.00733. The monoisotopic (exact) mass is 268 g/mol. The summed E-state index contributed by atoms with van der Waals surface area (Å²) in [6.07, 6.45) is 1.23. The van der Waals surface area contributed by atoms with Gasteiger partial charge >= 0.3 is 0 Å². The molecule has 1 amide bonds. The van der Waals surface area contributed by atoms with E-state index in [1.165, 1.54) is 16.7 Å². The van der Waals surface area contributed by atoms with Gasteiger partial charge in [0.05, 0.1) is 5.69 Å². The van der Waals surface area contributed by atoms with Crippen molar-refractivity contribution in [3.05, 3.63) is 65.2 Å². The molecule has 0 saturated heterocycles. The third-order valence-electron chi connectivity index (χ3n) is 3.34. The maximum atomic E-state index is 11.8.